The summed E-state index contributed by atoms with van der Waals surface area (Å²) < 4.78 is 0.623. The van der Waals surface area contributed by atoms with Crippen LogP contribution >= 0.6 is 11.3 Å². The van der Waals surface area contributed by atoms with Crippen LogP contribution in [0.25, 0.3) is 10.2 Å². The van der Waals surface area contributed by atoms with E-state index in [4.69, 9.17) is 0 Å². The third kappa shape index (κ3) is 1.74. The molecule has 0 fully saturated rings. The predicted molar refractivity (Wildman–Crippen MR) is 54.1 cm³/mol. The molecule has 0 saturated carbocycles. The van der Waals surface area contributed by atoms with E-state index >= 15 is 0 Å². The Kier molecular flexibility index (Phi) is 2.24. The van der Waals surface area contributed by atoms with Crippen LogP contribution in [0, 0.1) is 10.1 Å². The van der Waals surface area contributed by atoms with Crippen LogP contribution in [-0.4, -0.2) is 16.0 Å². The van der Waals surface area contributed by atoms with Crippen LogP contribution in [-0.2, 0) is 4.79 Å². The van der Waals surface area contributed by atoms with E-state index in [0.29, 0.717) is 10.2 Å². The lowest BCUT2D eigenvalue weighted by molar-refractivity contribution is -0.384. The summed E-state index contributed by atoms with van der Waals surface area (Å²) in [6.07, 6.45) is 1.37. The number of rotatable bonds is 2. The van der Waals surface area contributed by atoms with Crippen molar-refractivity contribution in [2.45, 2.75) is 0 Å². The third-order valence-corrected chi connectivity index (χ3v) is 2.62. The maximum absolute atomic E-state index is 10.5. The lowest BCUT2D eigenvalue weighted by Gasteiger charge is -1.88. The van der Waals surface area contributed by atoms with Crippen LogP contribution in [0.1, 0.15) is 0 Å². The largest absolute Gasteiger partial charge is 0.270 e. The molecule has 6 nitrogen and oxygen atoms in total. The number of isocyanates is 1. The second-order valence-electron chi connectivity index (χ2n) is 2.61. The zero-order chi connectivity index (χ0) is 10.8. The Morgan fingerprint density at radius 2 is 2.33 bits per heavy atom. The van der Waals surface area contributed by atoms with Gasteiger partial charge in [0.2, 0.25) is 11.2 Å². The Morgan fingerprint density at radius 3 is 3.00 bits per heavy atom. The first kappa shape index (κ1) is 9.45. The van der Waals surface area contributed by atoms with Crippen molar-refractivity contribution in [3.05, 3.63) is 28.3 Å². The molecule has 2 rings (SSSR count). The molecule has 7 heteroatoms. The molecule has 0 spiro atoms. The number of carbonyl (C=O) groups excluding carboxylic acids is 1. The Balaban J connectivity index is 2.61. The van der Waals surface area contributed by atoms with Crippen molar-refractivity contribution >= 4 is 38.5 Å². The summed E-state index contributed by atoms with van der Waals surface area (Å²) in [6, 6.07) is 4.28. The first-order chi connectivity index (χ1) is 7.20. The van der Waals surface area contributed by atoms with E-state index in [1.165, 1.54) is 24.3 Å². The van der Waals surface area contributed by atoms with Crippen molar-refractivity contribution in [1.29, 1.82) is 0 Å². The number of hydrogen-bond acceptors (Lipinski definition) is 6. The van der Waals surface area contributed by atoms with Crippen molar-refractivity contribution in [1.82, 2.24) is 4.98 Å². The van der Waals surface area contributed by atoms with Crippen molar-refractivity contribution in [3.63, 3.8) is 0 Å². The van der Waals surface area contributed by atoms with Crippen LogP contribution in [0.15, 0.2) is 23.2 Å². The fourth-order valence-corrected chi connectivity index (χ4v) is 1.92. The number of nitro groups is 1. The van der Waals surface area contributed by atoms with Crippen LogP contribution in [0.5, 0.6) is 0 Å². The minimum atomic E-state index is -0.484. The number of aliphatic imine (C=N–C) groups is 1. The molecule has 1 heterocycles. The zero-order valence-electron chi connectivity index (χ0n) is 7.21. The summed E-state index contributed by atoms with van der Waals surface area (Å²) in [6.45, 7) is 0. The van der Waals surface area contributed by atoms with E-state index in [1.807, 2.05) is 0 Å². The van der Waals surface area contributed by atoms with Crippen molar-refractivity contribution < 1.29 is 9.72 Å². The number of benzene rings is 1. The highest BCUT2D eigenvalue weighted by molar-refractivity contribution is 7.22. The Bertz CT molecular complexity index is 586. The van der Waals surface area contributed by atoms with Crippen LogP contribution in [0.4, 0.5) is 10.8 Å². The van der Waals surface area contributed by atoms with Crippen LogP contribution in [0.2, 0.25) is 0 Å². The van der Waals surface area contributed by atoms with Gasteiger partial charge in [0.15, 0.2) is 0 Å². The number of nitro benzene ring substituents is 1. The summed E-state index contributed by atoms with van der Waals surface area (Å²) in [4.78, 5) is 27.3. The monoisotopic (exact) mass is 221 g/mol. The van der Waals surface area contributed by atoms with Crippen molar-refractivity contribution in [2.75, 3.05) is 0 Å². The predicted octanol–water partition coefficient (Wildman–Crippen LogP) is 2.17. The summed E-state index contributed by atoms with van der Waals surface area (Å²) in [5.41, 5.74) is 0.576. The van der Waals surface area contributed by atoms with Gasteiger partial charge in [-0.1, -0.05) is 11.3 Å². The second-order valence-corrected chi connectivity index (χ2v) is 3.62. The Hall–Kier alpha value is -2.11. The maximum atomic E-state index is 10.5. The van der Waals surface area contributed by atoms with Gasteiger partial charge in [0.05, 0.1) is 15.1 Å². The molecule has 0 bridgehead atoms. The number of non-ortho nitro benzene ring substituents is 1. The van der Waals surface area contributed by atoms with Gasteiger partial charge in [0.25, 0.3) is 5.69 Å². The highest BCUT2D eigenvalue weighted by Gasteiger charge is 2.09. The van der Waals surface area contributed by atoms with E-state index in [0.717, 1.165) is 11.3 Å². The summed E-state index contributed by atoms with van der Waals surface area (Å²) in [7, 11) is 0. The summed E-state index contributed by atoms with van der Waals surface area (Å²) >= 11 is 1.11. The average molecular weight is 221 g/mol. The van der Waals surface area contributed by atoms with Gasteiger partial charge >= 0.3 is 0 Å². The molecule has 15 heavy (non-hydrogen) atoms. The van der Waals surface area contributed by atoms with Crippen LogP contribution < -0.4 is 0 Å². The minimum absolute atomic E-state index is 0.00668. The molecule has 0 N–H and O–H groups in total. The first-order valence-corrected chi connectivity index (χ1v) is 4.65. The van der Waals surface area contributed by atoms with Gasteiger partial charge in [-0.3, -0.25) is 10.1 Å². The van der Waals surface area contributed by atoms with Crippen molar-refractivity contribution in [3.8, 4) is 0 Å². The van der Waals surface area contributed by atoms with E-state index < -0.39 is 4.92 Å². The quantitative estimate of drug-likeness (QED) is 0.336. The van der Waals surface area contributed by atoms with Crippen LogP contribution in [0.3, 0.4) is 0 Å². The standard InChI is InChI=1S/C8H3N3O3S/c12-4-9-8-10-6-2-1-5(11(13)14)3-7(6)15-8/h1-3H. The number of fused-ring (bicyclic) bond motifs is 1. The molecule has 1 aromatic heterocycles. The summed E-state index contributed by atoms with van der Waals surface area (Å²) in [5, 5.41) is 10.7. The number of nitrogens with zero attached hydrogens (tertiary/aromatic N) is 3. The fraction of sp³-hybridized carbons (Fsp3) is 0. The molecule has 74 valence electrons. The Labute approximate surface area is 87.0 Å². The van der Waals surface area contributed by atoms with E-state index in [9.17, 15) is 14.9 Å². The molecule has 0 amide bonds. The smallest absolute Gasteiger partial charge is 0.258 e. The van der Waals surface area contributed by atoms with Gasteiger partial charge in [-0.05, 0) is 6.07 Å². The molecule has 1 aromatic carbocycles. The normalized spacial score (nSPS) is 9.87. The molecule has 0 aliphatic heterocycles. The van der Waals surface area contributed by atoms with Gasteiger partial charge in [-0.2, -0.15) is 0 Å². The third-order valence-electron chi connectivity index (χ3n) is 1.71. The second kappa shape index (κ2) is 3.56. The minimum Gasteiger partial charge on any atom is -0.258 e. The lowest BCUT2D eigenvalue weighted by atomic mass is 10.3. The molecule has 0 aliphatic carbocycles. The SMILES string of the molecule is O=C=Nc1nc2ccc([N+](=O)[O-])cc2s1. The maximum Gasteiger partial charge on any atom is 0.270 e. The van der Waals surface area contributed by atoms with Gasteiger partial charge in [0.1, 0.15) is 0 Å². The average Bonchev–Trinajstić information content (AvgIpc) is 2.59. The number of hydrogen-bond donors (Lipinski definition) is 0. The van der Waals surface area contributed by atoms with Crippen molar-refractivity contribution in [2.24, 2.45) is 4.99 Å². The highest BCUT2D eigenvalue weighted by Crippen LogP contribution is 2.30. The molecule has 0 radical (unpaired) electrons. The number of aromatic nitrogens is 1. The fourth-order valence-electron chi connectivity index (χ4n) is 1.10. The van der Waals surface area contributed by atoms with E-state index in [2.05, 4.69) is 9.98 Å². The molecule has 0 aliphatic rings. The molecule has 0 saturated heterocycles. The van der Waals surface area contributed by atoms with E-state index in [-0.39, 0.29) is 10.8 Å². The van der Waals surface area contributed by atoms with Gasteiger partial charge in [-0.25, -0.2) is 9.78 Å². The lowest BCUT2D eigenvalue weighted by Crippen LogP contribution is -1.85. The zero-order valence-corrected chi connectivity index (χ0v) is 8.02. The van der Waals surface area contributed by atoms with Gasteiger partial charge in [-0.15, -0.1) is 4.99 Å². The molecular weight excluding hydrogens is 218 g/mol. The van der Waals surface area contributed by atoms with E-state index in [1.54, 1.807) is 0 Å². The first-order valence-electron chi connectivity index (χ1n) is 3.83. The van der Waals surface area contributed by atoms with Gasteiger partial charge < -0.3 is 0 Å². The molecule has 2 aromatic rings. The molecular formula is C8H3N3O3S. The number of thiazole rings is 1. The highest BCUT2D eigenvalue weighted by atomic mass is 32.1. The topological polar surface area (TPSA) is 85.5 Å². The Morgan fingerprint density at radius 1 is 1.53 bits per heavy atom. The van der Waals surface area contributed by atoms with Gasteiger partial charge in [0, 0.05) is 12.1 Å². The molecule has 0 atom stereocenters. The molecule has 0 unspecified atom stereocenters. The summed E-state index contributed by atoms with van der Waals surface area (Å²) in [5.74, 6) is 0.